The highest BCUT2D eigenvalue weighted by Crippen LogP contribution is 2.09. The molecule has 0 unspecified atom stereocenters. The van der Waals surface area contributed by atoms with Gasteiger partial charge >= 0.3 is 0 Å². The van der Waals surface area contributed by atoms with Crippen LogP contribution in [0, 0.1) is 6.42 Å². The summed E-state index contributed by atoms with van der Waals surface area (Å²) in [5.74, 6) is 0.286. The Balaban J connectivity index is 2.69. The first-order valence-corrected chi connectivity index (χ1v) is 3.15. The van der Waals surface area contributed by atoms with Gasteiger partial charge < -0.3 is 10.8 Å². The molecule has 1 rings (SSSR count). The van der Waals surface area contributed by atoms with Crippen LogP contribution in [0.3, 0.4) is 0 Å². The van der Waals surface area contributed by atoms with Crippen LogP contribution in [0.25, 0.3) is 0 Å². The summed E-state index contributed by atoms with van der Waals surface area (Å²) in [6, 6.07) is 6.92. The zero-order valence-corrected chi connectivity index (χ0v) is 5.62. The quantitative estimate of drug-likeness (QED) is 0.634. The third kappa shape index (κ3) is 1.74. The Bertz CT molecular complexity index is 193. The number of benzene rings is 1. The number of hydrogen-bond acceptors (Lipinski definition) is 2. The van der Waals surface area contributed by atoms with Crippen molar-refractivity contribution in [1.82, 2.24) is 0 Å². The van der Waals surface area contributed by atoms with E-state index in [0.29, 0.717) is 6.54 Å². The van der Waals surface area contributed by atoms with Crippen molar-refractivity contribution >= 4 is 0 Å². The molecule has 0 saturated heterocycles. The molecule has 1 aromatic rings. The molecule has 0 aromatic heterocycles. The zero-order chi connectivity index (χ0) is 7.40. The molecule has 0 atom stereocenters. The predicted molar refractivity (Wildman–Crippen MR) is 40.6 cm³/mol. The number of rotatable bonds is 2. The van der Waals surface area contributed by atoms with Crippen molar-refractivity contribution in [2.24, 2.45) is 5.73 Å². The van der Waals surface area contributed by atoms with Crippen LogP contribution in [-0.2, 0) is 0 Å². The minimum Gasteiger partial charge on any atom is -0.508 e. The van der Waals surface area contributed by atoms with E-state index in [9.17, 15) is 0 Å². The third-order valence-electron chi connectivity index (χ3n) is 1.25. The summed E-state index contributed by atoms with van der Waals surface area (Å²) in [5.41, 5.74) is 6.32. The van der Waals surface area contributed by atoms with Gasteiger partial charge in [-0.1, -0.05) is 12.1 Å². The molecule has 0 aliphatic carbocycles. The Morgan fingerprint density at radius 3 is 2.40 bits per heavy atom. The van der Waals surface area contributed by atoms with Crippen molar-refractivity contribution in [3.63, 3.8) is 0 Å². The molecule has 3 N–H and O–H groups in total. The normalized spacial score (nSPS) is 9.70. The van der Waals surface area contributed by atoms with Crippen LogP contribution in [0.1, 0.15) is 5.56 Å². The third-order valence-corrected chi connectivity index (χ3v) is 1.25. The summed E-state index contributed by atoms with van der Waals surface area (Å²) >= 11 is 0. The Morgan fingerprint density at radius 2 is 1.90 bits per heavy atom. The Labute approximate surface area is 60.3 Å². The number of hydrogen-bond donors (Lipinski definition) is 2. The van der Waals surface area contributed by atoms with Crippen molar-refractivity contribution in [1.29, 1.82) is 0 Å². The molecule has 0 bridgehead atoms. The molecule has 0 spiro atoms. The average Bonchev–Trinajstić information content (AvgIpc) is 1.95. The van der Waals surface area contributed by atoms with Gasteiger partial charge in [-0.2, -0.15) is 0 Å². The lowest BCUT2D eigenvalue weighted by atomic mass is 10.1. The molecule has 1 radical (unpaired) electrons. The van der Waals surface area contributed by atoms with Crippen LogP contribution < -0.4 is 5.73 Å². The Kier molecular flexibility index (Phi) is 2.29. The minimum absolute atomic E-state index is 0.286. The van der Waals surface area contributed by atoms with Crippen molar-refractivity contribution in [3.8, 4) is 5.75 Å². The molecule has 2 heteroatoms. The molecule has 0 heterocycles. The predicted octanol–water partition coefficient (Wildman–Crippen LogP) is 0.903. The van der Waals surface area contributed by atoms with Crippen LogP contribution in [0.5, 0.6) is 5.75 Å². The highest BCUT2D eigenvalue weighted by Gasteiger charge is 1.89. The van der Waals surface area contributed by atoms with Gasteiger partial charge in [-0.25, -0.2) is 0 Å². The maximum Gasteiger partial charge on any atom is 0.115 e. The molecule has 0 aliphatic heterocycles. The maximum absolute atomic E-state index is 8.88. The van der Waals surface area contributed by atoms with Gasteiger partial charge in [0.2, 0.25) is 0 Å². The maximum atomic E-state index is 8.88. The van der Waals surface area contributed by atoms with E-state index in [1.807, 2.05) is 18.6 Å². The largest absolute Gasteiger partial charge is 0.508 e. The van der Waals surface area contributed by atoms with Gasteiger partial charge in [0.25, 0.3) is 0 Å². The minimum atomic E-state index is 0.286. The monoisotopic (exact) mass is 136 g/mol. The van der Waals surface area contributed by atoms with E-state index < -0.39 is 0 Å². The number of phenols is 1. The number of phenolic OH excluding ortho intramolecular Hbond substituents is 1. The SMILES string of the molecule is NC[CH]c1ccc(O)cc1. The fraction of sp³-hybridized carbons (Fsp3) is 0.125. The smallest absolute Gasteiger partial charge is 0.115 e. The van der Waals surface area contributed by atoms with Crippen LogP contribution >= 0.6 is 0 Å². The second-order valence-electron chi connectivity index (χ2n) is 2.03. The van der Waals surface area contributed by atoms with E-state index in [4.69, 9.17) is 10.8 Å². The summed E-state index contributed by atoms with van der Waals surface area (Å²) in [7, 11) is 0. The van der Waals surface area contributed by atoms with Gasteiger partial charge in [0.05, 0.1) is 0 Å². The molecule has 0 saturated carbocycles. The van der Waals surface area contributed by atoms with E-state index in [0.717, 1.165) is 5.56 Å². The topological polar surface area (TPSA) is 46.2 Å². The van der Waals surface area contributed by atoms with Gasteiger partial charge in [-0.05, 0) is 24.2 Å². The van der Waals surface area contributed by atoms with Crippen molar-refractivity contribution in [3.05, 3.63) is 36.2 Å². The van der Waals surface area contributed by atoms with Crippen LogP contribution in [0.2, 0.25) is 0 Å². The summed E-state index contributed by atoms with van der Waals surface area (Å²) in [5, 5.41) is 8.88. The number of aromatic hydroxyl groups is 1. The first kappa shape index (κ1) is 7.09. The van der Waals surface area contributed by atoms with E-state index in [2.05, 4.69) is 0 Å². The lowest BCUT2D eigenvalue weighted by molar-refractivity contribution is 0.475. The van der Waals surface area contributed by atoms with Gasteiger partial charge in [-0.15, -0.1) is 0 Å². The Hall–Kier alpha value is -1.02. The van der Waals surface area contributed by atoms with Crippen molar-refractivity contribution < 1.29 is 5.11 Å². The van der Waals surface area contributed by atoms with Gasteiger partial charge in [-0.3, -0.25) is 0 Å². The first-order chi connectivity index (χ1) is 4.83. The van der Waals surface area contributed by atoms with E-state index in [1.54, 1.807) is 12.1 Å². The Morgan fingerprint density at radius 1 is 1.30 bits per heavy atom. The van der Waals surface area contributed by atoms with Crippen LogP contribution in [-0.4, -0.2) is 11.7 Å². The molecule has 0 amide bonds. The highest BCUT2D eigenvalue weighted by atomic mass is 16.3. The molecular weight excluding hydrogens is 126 g/mol. The average molecular weight is 136 g/mol. The van der Waals surface area contributed by atoms with Gasteiger partial charge in [0, 0.05) is 6.42 Å². The molecule has 1 aromatic carbocycles. The molecule has 0 fully saturated rings. The van der Waals surface area contributed by atoms with E-state index in [-0.39, 0.29) is 5.75 Å². The molecule has 2 nitrogen and oxygen atoms in total. The van der Waals surface area contributed by atoms with Crippen molar-refractivity contribution in [2.45, 2.75) is 0 Å². The summed E-state index contributed by atoms with van der Waals surface area (Å²) in [6.07, 6.45) is 1.89. The van der Waals surface area contributed by atoms with Crippen LogP contribution in [0.15, 0.2) is 24.3 Å². The van der Waals surface area contributed by atoms with E-state index in [1.165, 1.54) is 0 Å². The molecule has 10 heavy (non-hydrogen) atoms. The molecular formula is C8H10NO. The zero-order valence-electron chi connectivity index (χ0n) is 5.62. The molecule has 53 valence electrons. The fourth-order valence-electron chi connectivity index (χ4n) is 0.746. The van der Waals surface area contributed by atoms with Gasteiger partial charge in [0.15, 0.2) is 0 Å². The highest BCUT2D eigenvalue weighted by molar-refractivity contribution is 5.30. The summed E-state index contributed by atoms with van der Waals surface area (Å²) in [4.78, 5) is 0. The first-order valence-electron chi connectivity index (χ1n) is 3.15. The second kappa shape index (κ2) is 3.22. The van der Waals surface area contributed by atoms with E-state index >= 15 is 0 Å². The summed E-state index contributed by atoms with van der Waals surface area (Å²) < 4.78 is 0. The standard InChI is InChI=1S/C8H10NO/c9-6-5-7-1-3-8(10)4-2-7/h1-5,10H,6,9H2. The van der Waals surface area contributed by atoms with Gasteiger partial charge in [0.1, 0.15) is 5.75 Å². The number of nitrogens with two attached hydrogens (primary N) is 1. The lowest BCUT2D eigenvalue weighted by Gasteiger charge is -1.96. The van der Waals surface area contributed by atoms with Crippen molar-refractivity contribution in [2.75, 3.05) is 6.54 Å². The fourth-order valence-corrected chi connectivity index (χ4v) is 0.746. The van der Waals surface area contributed by atoms with Crippen LogP contribution in [0.4, 0.5) is 0 Å². The molecule has 0 aliphatic rings. The lowest BCUT2D eigenvalue weighted by Crippen LogP contribution is -1.99. The second-order valence-corrected chi connectivity index (χ2v) is 2.03. The summed E-state index contributed by atoms with van der Waals surface area (Å²) in [6.45, 7) is 0.533.